The molecule has 0 heterocycles. The summed E-state index contributed by atoms with van der Waals surface area (Å²) in [6, 6.07) is 6.32. The second-order valence-corrected chi connectivity index (χ2v) is 4.60. The zero-order valence-corrected chi connectivity index (χ0v) is 11.1. The largest absolute Gasteiger partial charge is 0.398 e. The number of nitrogens with zero attached hydrogens (tertiary/aromatic N) is 1. The fourth-order valence-corrected chi connectivity index (χ4v) is 1.95. The summed E-state index contributed by atoms with van der Waals surface area (Å²) in [4.78, 5) is 2.42. The van der Waals surface area contributed by atoms with Gasteiger partial charge in [-0.1, -0.05) is 31.5 Å². The van der Waals surface area contributed by atoms with Gasteiger partial charge in [-0.05, 0) is 37.6 Å². The molecule has 0 aliphatic heterocycles. The number of rotatable bonds is 5. The predicted molar refractivity (Wildman–Crippen MR) is 71.7 cm³/mol. The Kier molecular flexibility index (Phi) is 5.10. The van der Waals surface area contributed by atoms with Gasteiger partial charge in [-0.3, -0.25) is 4.90 Å². The second-order valence-electron chi connectivity index (χ2n) is 4.16. The molecule has 0 bridgehead atoms. The molecule has 0 fully saturated rings. The number of hydrogen-bond donors (Lipinski definition) is 1. The summed E-state index contributed by atoms with van der Waals surface area (Å²) >= 11 is 5.88. The van der Waals surface area contributed by atoms with Crippen molar-refractivity contribution in [3.8, 4) is 0 Å². The van der Waals surface area contributed by atoms with Gasteiger partial charge in [0.05, 0.1) is 0 Å². The van der Waals surface area contributed by atoms with Gasteiger partial charge in [-0.25, -0.2) is 0 Å². The SMILES string of the molecule is CCC(C)N(CC)Cc1ccc(Cl)cc1N. The Hall–Kier alpha value is -0.730. The van der Waals surface area contributed by atoms with Crippen molar-refractivity contribution in [2.45, 2.75) is 39.8 Å². The molecule has 2 N–H and O–H groups in total. The fraction of sp³-hybridized carbons (Fsp3) is 0.538. The molecule has 2 nitrogen and oxygen atoms in total. The molecule has 0 saturated carbocycles. The van der Waals surface area contributed by atoms with E-state index >= 15 is 0 Å². The standard InChI is InChI=1S/C13H21ClN2/c1-4-10(3)16(5-2)9-11-6-7-12(14)8-13(11)15/h6-8,10H,4-5,9,15H2,1-3H3. The maximum atomic E-state index is 5.95. The van der Waals surface area contributed by atoms with E-state index in [0.29, 0.717) is 11.1 Å². The second kappa shape index (κ2) is 6.12. The number of nitrogen functional groups attached to an aromatic ring is 1. The Labute approximate surface area is 103 Å². The third-order valence-corrected chi connectivity index (χ3v) is 3.34. The molecule has 0 aliphatic rings. The van der Waals surface area contributed by atoms with Crippen LogP contribution in [0.1, 0.15) is 32.8 Å². The molecule has 1 aromatic rings. The molecule has 16 heavy (non-hydrogen) atoms. The highest BCUT2D eigenvalue weighted by Crippen LogP contribution is 2.20. The van der Waals surface area contributed by atoms with Crippen LogP contribution in [0.2, 0.25) is 5.02 Å². The van der Waals surface area contributed by atoms with Crippen molar-refractivity contribution in [3.05, 3.63) is 28.8 Å². The maximum absolute atomic E-state index is 5.95. The summed E-state index contributed by atoms with van der Waals surface area (Å²) in [5.74, 6) is 0. The zero-order valence-electron chi connectivity index (χ0n) is 10.3. The molecule has 90 valence electrons. The minimum Gasteiger partial charge on any atom is -0.398 e. The first kappa shape index (κ1) is 13.3. The molecule has 1 rings (SSSR count). The lowest BCUT2D eigenvalue weighted by molar-refractivity contribution is 0.206. The Morgan fingerprint density at radius 3 is 2.56 bits per heavy atom. The van der Waals surface area contributed by atoms with Gasteiger partial charge >= 0.3 is 0 Å². The number of anilines is 1. The van der Waals surface area contributed by atoms with Gasteiger partial charge in [0, 0.05) is 23.3 Å². The summed E-state index contributed by atoms with van der Waals surface area (Å²) in [7, 11) is 0. The lowest BCUT2D eigenvalue weighted by atomic mass is 10.1. The van der Waals surface area contributed by atoms with Crippen molar-refractivity contribution in [3.63, 3.8) is 0 Å². The van der Waals surface area contributed by atoms with Crippen molar-refractivity contribution >= 4 is 17.3 Å². The van der Waals surface area contributed by atoms with Crippen LogP contribution in [0.5, 0.6) is 0 Å². The van der Waals surface area contributed by atoms with E-state index in [1.807, 2.05) is 18.2 Å². The minimum absolute atomic E-state index is 0.583. The van der Waals surface area contributed by atoms with Gasteiger partial charge in [-0.2, -0.15) is 0 Å². The van der Waals surface area contributed by atoms with E-state index < -0.39 is 0 Å². The van der Waals surface area contributed by atoms with Crippen molar-refractivity contribution < 1.29 is 0 Å². The van der Waals surface area contributed by atoms with Crippen LogP contribution < -0.4 is 5.73 Å². The quantitative estimate of drug-likeness (QED) is 0.798. The third-order valence-electron chi connectivity index (χ3n) is 3.10. The topological polar surface area (TPSA) is 29.3 Å². The number of nitrogens with two attached hydrogens (primary N) is 1. The van der Waals surface area contributed by atoms with Gasteiger partial charge in [0.25, 0.3) is 0 Å². The summed E-state index contributed by atoms with van der Waals surface area (Å²) in [5.41, 5.74) is 7.90. The molecule has 0 radical (unpaired) electrons. The Balaban J connectivity index is 2.78. The normalized spacial score (nSPS) is 13.1. The molecule has 1 unspecified atom stereocenters. The average molecular weight is 241 g/mol. The Morgan fingerprint density at radius 2 is 2.06 bits per heavy atom. The number of halogens is 1. The van der Waals surface area contributed by atoms with Crippen molar-refractivity contribution in [2.75, 3.05) is 12.3 Å². The van der Waals surface area contributed by atoms with Crippen LogP contribution in [0.15, 0.2) is 18.2 Å². The van der Waals surface area contributed by atoms with E-state index in [0.717, 1.165) is 30.8 Å². The van der Waals surface area contributed by atoms with Crippen LogP contribution in [0.4, 0.5) is 5.69 Å². The maximum Gasteiger partial charge on any atom is 0.0426 e. The predicted octanol–water partition coefficient (Wildman–Crippen LogP) is 3.54. The molecule has 0 aliphatic carbocycles. The molecule has 0 saturated heterocycles. The lowest BCUT2D eigenvalue weighted by Crippen LogP contribution is -2.32. The number of benzene rings is 1. The van der Waals surface area contributed by atoms with E-state index in [1.54, 1.807) is 0 Å². The van der Waals surface area contributed by atoms with Crippen molar-refractivity contribution in [1.82, 2.24) is 4.90 Å². The van der Waals surface area contributed by atoms with Gasteiger partial charge in [0.2, 0.25) is 0 Å². The van der Waals surface area contributed by atoms with Gasteiger partial charge in [0.1, 0.15) is 0 Å². The van der Waals surface area contributed by atoms with Crippen LogP contribution in [-0.2, 0) is 6.54 Å². The summed E-state index contributed by atoms with van der Waals surface area (Å²) in [6.07, 6.45) is 1.15. The summed E-state index contributed by atoms with van der Waals surface area (Å²) < 4.78 is 0. The van der Waals surface area contributed by atoms with Crippen LogP contribution >= 0.6 is 11.6 Å². The molecular formula is C13H21ClN2. The molecular weight excluding hydrogens is 220 g/mol. The van der Waals surface area contributed by atoms with Crippen LogP contribution in [0.3, 0.4) is 0 Å². The molecule has 0 spiro atoms. The Bertz CT molecular complexity index is 339. The van der Waals surface area contributed by atoms with E-state index in [1.165, 1.54) is 0 Å². The van der Waals surface area contributed by atoms with E-state index in [4.69, 9.17) is 17.3 Å². The molecule has 3 heteroatoms. The van der Waals surface area contributed by atoms with Crippen molar-refractivity contribution in [2.24, 2.45) is 0 Å². The average Bonchev–Trinajstić information content (AvgIpc) is 2.27. The molecule has 0 amide bonds. The van der Waals surface area contributed by atoms with Gasteiger partial charge in [-0.15, -0.1) is 0 Å². The summed E-state index contributed by atoms with van der Waals surface area (Å²) in [6.45, 7) is 8.57. The summed E-state index contributed by atoms with van der Waals surface area (Å²) in [5, 5.41) is 0.702. The lowest BCUT2D eigenvalue weighted by Gasteiger charge is -2.27. The molecule has 1 aromatic carbocycles. The van der Waals surface area contributed by atoms with E-state index in [-0.39, 0.29) is 0 Å². The van der Waals surface area contributed by atoms with Crippen LogP contribution in [-0.4, -0.2) is 17.5 Å². The number of hydrogen-bond acceptors (Lipinski definition) is 2. The van der Waals surface area contributed by atoms with Crippen LogP contribution in [0, 0.1) is 0 Å². The van der Waals surface area contributed by atoms with Crippen molar-refractivity contribution in [1.29, 1.82) is 0 Å². The zero-order chi connectivity index (χ0) is 12.1. The first-order valence-corrected chi connectivity index (χ1v) is 6.24. The van der Waals surface area contributed by atoms with E-state index in [2.05, 4.69) is 25.7 Å². The van der Waals surface area contributed by atoms with Gasteiger partial charge < -0.3 is 5.73 Å². The highest BCUT2D eigenvalue weighted by molar-refractivity contribution is 6.30. The monoisotopic (exact) mass is 240 g/mol. The van der Waals surface area contributed by atoms with E-state index in [9.17, 15) is 0 Å². The highest BCUT2D eigenvalue weighted by atomic mass is 35.5. The molecule has 0 aromatic heterocycles. The Morgan fingerprint density at radius 1 is 1.38 bits per heavy atom. The first-order chi connectivity index (χ1) is 7.58. The minimum atomic E-state index is 0.583. The fourth-order valence-electron chi connectivity index (χ4n) is 1.77. The van der Waals surface area contributed by atoms with Gasteiger partial charge in [0.15, 0.2) is 0 Å². The molecule has 1 atom stereocenters. The first-order valence-electron chi connectivity index (χ1n) is 5.86. The smallest absolute Gasteiger partial charge is 0.0426 e. The van der Waals surface area contributed by atoms with Crippen LogP contribution in [0.25, 0.3) is 0 Å². The third kappa shape index (κ3) is 3.39. The highest BCUT2D eigenvalue weighted by Gasteiger charge is 2.11.